The number of ether oxygens (including phenoxy) is 2. The number of nitrogens with one attached hydrogen (secondary N) is 4. The Hall–Kier alpha value is -13.5. The van der Waals surface area contributed by atoms with Crippen molar-refractivity contribution < 1.29 is 65.4 Å². The lowest BCUT2D eigenvalue weighted by Crippen LogP contribution is -2.25. The zero-order valence-electron chi connectivity index (χ0n) is 76.0. The van der Waals surface area contributed by atoms with Crippen LogP contribution in [-0.2, 0) is 25.4 Å². The second-order valence-electron chi connectivity index (χ2n) is 33.9. The number of nitrogen functional groups attached to an aromatic ring is 1. The van der Waals surface area contributed by atoms with Gasteiger partial charge in [-0.15, -0.1) is 0 Å². The minimum absolute atomic E-state index is 0.0129. The number of fused-ring (bicyclic) bond motifs is 4. The molecule has 0 spiro atoms. The van der Waals surface area contributed by atoms with Crippen LogP contribution in [0.4, 0.5) is 23.2 Å². The lowest BCUT2D eigenvalue weighted by molar-refractivity contribution is -0.137. The highest BCUT2D eigenvalue weighted by atomic mass is 19.4. The van der Waals surface area contributed by atoms with Gasteiger partial charge in [-0.05, 0) is 167 Å². The lowest BCUT2D eigenvalue weighted by atomic mass is 9.93. The van der Waals surface area contributed by atoms with Crippen LogP contribution in [0.2, 0.25) is 0 Å². The summed E-state index contributed by atoms with van der Waals surface area (Å²) in [4.78, 5) is 152. The van der Waals surface area contributed by atoms with Crippen LogP contribution in [0.5, 0.6) is 11.5 Å². The largest absolute Gasteiger partial charge is 0.496 e. The Balaban J connectivity index is 0.000000150. The number of alkyl halides is 3. The molecule has 0 bridgehead atoms. The van der Waals surface area contributed by atoms with E-state index < -0.39 is 23.5 Å². The molecule has 6 N–H and O–H groups in total. The van der Waals surface area contributed by atoms with Gasteiger partial charge >= 0.3 is 6.18 Å². The van der Waals surface area contributed by atoms with Crippen molar-refractivity contribution in [3.8, 4) is 56.5 Å². The van der Waals surface area contributed by atoms with E-state index in [1.807, 2.05) is 45.9 Å². The lowest BCUT2D eigenvalue weighted by Gasteiger charge is -2.16. The van der Waals surface area contributed by atoms with E-state index in [9.17, 15) is 55.9 Å². The molecular formula is C101H111F4N17O10. The number of anilines is 1. The van der Waals surface area contributed by atoms with E-state index in [1.54, 1.807) is 51.1 Å². The summed E-state index contributed by atoms with van der Waals surface area (Å²) >= 11 is 0. The fourth-order valence-electron chi connectivity index (χ4n) is 15.5. The fourth-order valence-corrected chi connectivity index (χ4v) is 15.5. The summed E-state index contributed by atoms with van der Waals surface area (Å²) in [7, 11) is 3.16. The quantitative estimate of drug-likeness (QED) is 0.0137. The molecule has 0 unspecified atom stereocenters. The molecule has 0 atom stereocenters. The molecule has 4 aliphatic carbocycles. The number of carbonyl (C=O) groups is 8. The van der Waals surface area contributed by atoms with E-state index in [1.165, 1.54) is 61.7 Å². The Labute approximate surface area is 763 Å². The predicted octanol–water partition coefficient (Wildman–Crippen LogP) is 19.3. The van der Waals surface area contributed by atoms with Gasteiger partial charge in [-0.3, -0.25) is 78.2 Å². The van der Waals surface area contributed by atoms with Crippen molar-refractivity contribution in [3.63, 3.8) is 0 Å². The van der Waals surface area contributed by atoms with E-state index >= 15 is 0 Å². The first kappa shape index (κ1) is 96.1. The predicted molar refractivity (Wildman–Crippen MR) is 497 cm³/mol. The highest BCUT2D eigenvalue weighted by molar-refractivity contribution is 6.09. The third kappa shape index (κ3) is 24.0. The summed E-state index contributed by atoms with van der Waals surface area (Å²) in [5.74, 6) is 1.61. The van der Waals surface area contributed by atoms with Gasteiger partial charge in [0.15, 0.2) is 23.1 Å². The number of pyridine rings is 4. The van der Waals surface area contributed by atoms with Crippen molar-refractivity contribution >= 4 is 96.1 Å². The second-order valence-corrected chi connectivity index (χ2v) is 33.9. The number of benzene rings is 4. The maximum absolute atomic E-state index is 14.9. The summed E-state index contributed by atoms with van der Waals surface area (Å²) in [5.41, 5.74) is 16.4. The van der Waals surface area contributed by atoms with Crippen LogP contribution < -0.4 is 36.5 Å². The van der Waals surface area contributed by atoms with Gasteiger partial charge in [-0.2, -0.15) is 13.2 Å². The molecule has 0 aliphatic heterocycles. The number of ketones is 4. The molecule has 132 heavy (non-hydrogen) atoms. The first-order chi connectivity index (χ1) is 63.8. The van der Waals surface area contributed by atoms with Crippen LogP contribution in [-0.4, -0.2) is 147 Å². The topological polar surface area (TPSA) is 384 Å². The van der Waals surface area contributed by atoms with E-state index in [0.29, 0.717) is 178 Å². The Morgan fingerprint density at radius 1 is 0.348 bits per heavy atom. The van der Waals surface area contributed by atoms with Crippen molar-refractivity contribution in [2.45, 2.75) is 202 Å². The highest BCUT2D eigenvalue weighted by Crippen LogP contribution is 2.44. The molecule has 27 nitrogen and oxygen atoms in total. The van der Waals surface area contributed by atoms with Gasteiger partial charge in [0.2, 0.25) is 0 Å². The standard InChI is InChI=1S/C26H27F3N4O2.C26H30N4O3.C25H27FN4O2.C24H27N5O3/c1-3-5-8-30-25(35)23-14-32-22(13-33-23)18-10-17-16(4-2)19(24(34)9-15-6-7-15)12-31-21(17)11-20(18)26(27,28)29;1-4-6-9-27-26(32)23-15-29-22(14-30-23)19-11-18-17(5-2)20(24(31)10-16-7-8-16)13-28-21(18)12-25(19)33-3;1-3-5-8-27-25(32)23-14-29-22(13-30-23)18-10-17-16(4-2)19(24(31)9-15-6-7-15)12-28-21(17)11-20(18)26;1-3-4-7-26-24(31)20-13-28-19(12-29-20)15-9-16-18(10-22(15)32-2)27-11-17(23(16)25)21(30)8-14-5-6-14/h10-15H,3-9H2,1-2H3,(H,30,35);11-16H,4-10H2,1-3H3,(H,27,32);10-15H,3-9H2,1-2H3,(H,27,32);9-14H,3-8H2,1-2H3,(H2,25,27)(H,26,31). The molecule has 0 saturated heterocycles. The van der Waals surface area contributed by atoms with E-state index in [4.69, 9.17) is 15.2 Å². The molecule has 688 valence electrons. The van der Waals surface area contributed by atoms with Crippen molar-refractivity contribution in [2.24, 2.45) is 23.7 Å². The summed E-state index contributed by atoms with van der Waals surface area (Å²) in [6.45, 7) is 16.4. The van der Waals surface area contributed by atoms with Crippen molar-refractivity contribution in [1.29, 1.82) is 0 Å². The molecule has 12 aromatic rings. The van der Waals surface area contributed by atoms with Gasteiger partial charge < -0.3 is 36.5 Å². The summed E-state index contributed by atoms with van der Waals surface area (Å²) < 4.78 is 68.0. The average molecular weight is 1800 g/mol. The van der Waals surface area contributed by atoms with Crippen LogP contribution >= 0.6 is 0 Å². The van der Waals surface area contributed by atoms with Gasteiger partial charge in [0.1, 0.15) is 40.1 Å². The van der Waals surface area contributed by atoms with Crippen molar-refractivity contribution in [2.75, 3.05) is 46.1 Å². The number of aryl methyl sites for hydroxylation is 3. The van der Waals surface area contributed by atoms with Crippen LogP contribution in [0.1, 0.15) is 283 Å². The molecule has 4 aliphatic rings. The Kier molecular flexibility index (Phi) is 32.3. The molecular weight excluding hydrogens is 1690 g/mol. The number of aromatic nitrogens is 12. The van der Waals surface area contributed by atoms with Gasteiger partial charge in [0.25, 0.3) is 23.6 Å². The number of Topliss-reactive ketones (excluding diaryl/α,β-unsaturated/α-hetero) is 4. The average Bonchev–Trinajstić information content (AvgIpc) is 0.989. The number of methoxy groups -OCH3 is 2. The normalized spacial score (nSPS) is 13.4. The molecule has 4 amide bonds. The highest BCUT2D eigenvalue weighted by Gasteiger charge is 2.37. The molecule has 16 rings (SSSR count). The van der Waals surface area contributed by atoms with Gasteiger partial charge in [0, 0.05) is 155 Å². The third-order valence-electron chi connectivity index (χ3n) is 23.9. The zero-order valence-corrected chi connectivity index (χ0v) is 76.0. The number of carbonyl (C=O) groups excluding carboxylic acids is 8. The number of halogens is 4. The van der Waals surface area contributed by atoms with Crippen molar-refractivity contribution in [1.82, 2.24) is 81.1 Å². The number of amides is 4. The first-order valence-corrected chi connectivity index (χ1v) is 45.8. The van der Waals surface area contributed by atoms with Gasteiger partial charge in [-0.1, -0.05) is 74.1 Å². The van der Waals surface area contributed by atoms with E-state index in [2.05, 4.69) is 102 Å². The summed E-state index contributed by atoms with van der Waals surface area (Å²) in [6, 6.07) is 12.9. The molecule has 31 heteroatoms. The van der Waals surface area contributed by atoms with Crippen LogP contribution in [0.25, 0.3) is 88.6 Å². The van der Waals surface area contributed by atoms with Crippen LogP contribution in [0, 0.1) is 29.5 Å². The Bertz CT molecular complexity index is 6250. The van der Waals surface area contributed by atoms with E-state index in [-0.39, 0.29) is 86.0 Å². The van der Waals surface area contributed by atoms with Crippen molar-refractivity contribution in [3.05, 3.63) is 196 Å². The molecule has 4 saturated carbocycles. The molecule has 8 heterocycles. The molecule has 8 aromatic heterocycles. The second kappa shape index (κ2) is 44.4. The fraction of sp³-hybridized carbons (Fsp3) is 0.406. The molecule has 4 fully saturated rings. The Morgan fingerprint density at radius 3 is 0.932 bits per heavy atom. The van der Waals surface area contributed by atoms with Crippen LogP contribution in [0.3, 0.4) is 0 Å². The number of nitrogens with two attached hydrogens (primary N) is 1. The van der Waals surface area contributed by atoms with E-state index in [0.717, 1.165) is 148 Å². The number of hydrogen-bond acceptors (Lipinski definition) is 23. The van der Waals surface area contributed by atoms with Gasteiger partial charge in [-0.25, -0.2) is 24.3 Å². The maximum Gasteiger partial charge on any atom is 0.417 e. The van der Waals surface area contributed by atoms with Crippen LogP contribution in [0.15, 0.2) is 123 Å². The number of nitrogens with zero attached hydrogens (tertiary/aromatic N) is 12. The van der Waals surface area contributed by atoms with Gasteiger partial charge in [0.05, 0.1) is 125 Å². The monoisotopic (exact) mass is 1800 g/mol. The SMILES string of the molecule is CCCCNC(=O)c1cnc(-c2cc3c(CC)c(C(=O)CC4CC4)cnc3cc2C(F)(F)F)cn1.CCCCNC(=O)c1cnc(-c2cc3c(CC)c(C(=O)CC4CC4)cnc3cc2F)cn1.CCCCNC(=O)c1cnc(-c2cc3c(CC)c(C(=O)CC4CC4)cnc3cc2OC)cn1.CCCCNC(=O)c1cnc(-c2cc3c(N)c(C(=O)CC4CC4)cnc3cc2OC)cn1. The summed E-state index contributed by atoms with van der Waals surface area (Å²) in [5, 5.41) is 14.0. The number of rotatable bonds is 37. The third-order valence-corrected chi connectivity index (χ3v) is 23.9. The minimum Gasteiger partial charge on any atom is -0.496 e. The number of hydrogen-bond donors (Lipinski definition) is 5. The summed E-state index contributed by atoms with van der Waals surface area (Å²) in [6.07, 6.45) is 32.8. The number of unbranched alkanes of at least 4 members (excludes halogenated alkanes) is 4. The molecule has 0 radical (unpaired) electrons. The Morgan fingerprint density at radius 2 is 0.629 bits per heavy atom. The molecule has 4 aromatic carbocycles. The maximum atomic E-state index is 14.9. The first-order valence-electron chi connectivity index (χ1n) is 45.8. The minimum atomic E-state index is -4.66. The smallest absolute Gasteiger partial charge is 0.417 e. The zero-order chi connectivity index (χ0) is 93.9.